The zero-order valence-electron chi connectivity index (χ0n) is 23.5. The number of piperazine rings is 1. The van der Waals surface area contributed by atoms with Gasteiger partial charge in [-0.3, -0.25) is 19.2 Å². The molecule has 2 aromatic rings. The first-order valence-electron chi connectivity index (χ1n) is 13.4. The largest absolute Gasteiger partial charge is 0.349 e. The summed E-state index contributed by atoms with van der Waals surface area (Å²) in [7, 11) is 1.95. The van der Waals surface area contributed by atoms with Crippen LogP contribution >= 0.6 is 0 Å². The second kappa shape index (κ2) is 14.0. The van der Waals surface area contributed by atoms with E-state index in [9.17, 15) is 32.3 Å². The molecule has 10 nitrogen and oxygen atoms in total. The molecule has 13 heteroatoms. The summed E-state index contributed by atoms with van der Waals surface area (Å²) in [5.41, 5.74) is -0.396. The van der Waals surface area contributed by atoms with Crippen LogP contribution in [0.4, 0.5) is 18.9 Å². The molecule has 0 saturated carbocycles. The molecule has 3 N–H and O–H groups in total. The van der Waals surface area contributed by atoms with E-state index in [0.29, 0.717) is 31.7 Å². The van der Waals surface area contributed by atoms with Gasteiger partial charge < -0.3 is 25.8 Å². The van der Waals surface area contributed by atoms with Crippen molar-refractivity contribution >= 4 is 29.3 Å². The van der Waals surface area contributed by atoms with Gasteiger partial charge in [0, 0.05) is 44.6 Å². The number of carbonyl (C=O) groups is 4. The topological polar surface area (TPSA) is 135 Å². The summed E-state index contributed by atoms with van der Waals surface area (Å²) in [4.78, 5) is 53.8. The van der Waals surface area contributed by atoms with Crippen molar-refractivity contribution in [1.82, 2.24) is 20.4 Å². The molecule has 2 aromatic carbocycles. The average Bonchev–Trinajstić information content (AvgIpc) is 2.97. The Balaban J connectivity index is 1.65. The molecule has 2 atom stereocenters. The predicted molar refractivity (Wildman–Crippen MR) is 148 cm³/mol. The number of halogens is 3. The third-order valence-corrected chi connectivity index (χ3v) is 6.90. The van der Waals surface area contributed by atoms with Gasteiger partial charge in [-0.1, -0.05) is 25.1 Å². The highest BCUT2D eigenvalue weighted by atomic mass is 19.3. The number of nitrogens with one attached hydrogen (secondary N) is 3. The van der Waals surface area contributed by atoms with Crippen molar-refractivity contribution in [3.8, 4) is 6.07 Å². The number of benzene rings is 2. The lowest BCUT2D eigenvalue weighted by Gasteiger charge is -2.34. The highest BCUT2D eigenvalue weighted by Gasteiger charge is 2.42. The zero-order valence-corrected chi connectivity index (χ0v) is 23.5. The molecule has 0 bridgehead atoms. The van der Waals surface area contributed by atoms with Gasteiger partial charge in [0.15, 0.2) is 0 Å². The van der Waals surface area contributed by atoms with Gasteiger partial charge >= 0.3 is 5.92 Å². The molecule has 0 aromatic heterocycles. The van der Waals surface area contributed by atoms with Crippen LogP contribution < -0.4 is 16.0 Å². The lowest BCUT2D eigenvalue weighted by Crippen LogP contribution is -2.54. The van der Waals surface area contributed by atoms with Crippen LogP contribution in [0.15, 0.2) is 42.5 Å². The lowest BCUT2D eigenvalue weighted by molar-refractivity contribution is -0.148. The third-order valence-electron chi connectivity index (χ3n) is 6.90. The standard InChI is InChI=1S/C29H33F3N6O4/c1-4-25(39)35-24(27(41)38-13-11-37(3)12-14-38)16-20-7-10-23(22(30)15-20)36-26(40)18(2)34-28(42)29(31,32)21-8-5-19(17-33)6-9-21/h5-10,15,18,24H,4,11-14,16H2,1-3H3,(H,34,42)(H,35,39)(H,36,40)/t18-,24+/m0/s1. The summed E-state index contributed by atoms with van der Waals surface area (Å²) in [6.45, 7) is 5.20. The van der Waals surface area contributed by atoms with Gasteiger partial charge in [0.1, 0.15) is 17.9 Å². The second-order valence-electron chi connectivity index (χ2n) is 10.1. The van der Waals surface area contributed by atoms with Crippen molar-refractivity contribution < 1.29 is 32.3 Å². The Hall–Kier alpha value is -4.44. The molecule has 1 heterocycles. The summed E-state index contributed by atoms with van der Waals surface area (Å²) in [5, 5.41) is 15.7. The van der Waals surface area contributed by atoms with Gasteiger partial charge in [0.25, 0.3) is 5.91 Å². The molecular weight excluding hydrogens is 553 g/mol. The molecule has 0 aliphatic carbocycles. The smallest absolute Gasteiger partial charge is 0.344 e. The lowest BCUT2D eigenvalue weighted by atomic mass is 10.0. The maximum atomic E-state index is 15.0. The Kier molecular flexibility index (Phi) is 10.7. The number of alkyl halides is 2. The van der Waals surface area contributed by atoms with E-state index in [2.05, 4.69) is 15.5 Å². The number of likely N-dealkylation sites (N-methyl/N-ethyl adjacent to an activating group) is 1. The van der Waals surface area contributed by atoms with Crippen LogP contribution in [-0.4, -0.2) is 78.7 Å². The van der Waals surface area contributed by atoms with Gasteiger partial charge in [0.05, 0.1) is 17.3 Å². The molecule has 224 valence electrons. The molecule has 1 aliphatic heterocycles. The maximum Gasteiger partial charge on any atom is 0.349 e. The first kappa shape index (κ1) is 32.1. The Morgan fingerprint density at radius 3 is 2.24 bits per heavy atom. The molecule has 0 spiro atoms. The summed E-state index contributed by atoms with van der Waals surface area (Å²) in [6.07, 6.45) is 0.179. The van der Waals surface area contributed by atoms with Crippen molar-refractivity contribution in [3.63, 3.8) is 0 Å². The van der Waals surface area contributed by atoms with E-state index >= 15 is 0 Å². The van der Waals surface area contributed by atoms with Gasteiger partial charge in [-0.2, -0.15) is 14.0 Å². The minimum atomic E-state index is -3.99. The monoisotopic (exact) mass is 586 g/mol. The van der Waals surface area contributed by atoms with Crippen molar-refractivity contribution in [2.24, 2.45) is 0 Å². The molecule has 3 rings (SSSR count). The van der Waals surface area contributed by atoms with E-state index in [0.717, 1.165) is 30.3 Å². The number of anilines is 1. The first-order chi connectivity index (χ1) is 19.8. The van der Waals surface area contributed by atoms with Crippen molar-refractivity contribution in [2.45, 2.75) is 44.7 Å². The Morgan fingerprint density at radius 1 is 1.02 bits per heavy atom. The highest BCUT2D eigenvalue weighted by Crippen LogP contribution is 2.28. The van der Waals surface area contributed by atoms with Crippen molar-refractivity contribution in [3.05, 3.63) is 65.0 Å². The van der Waals surface area contributed by atoms with E-state index in [-0.39, 0.29) is 35.9 Å². The van der Waals surface area contributed by atoms with E-state index < -0.39 is 41.2 Å². The van der Waals surface area contributed by atoms with E-state index in [1.807, 2.05) is 12.4 Å². The highest BCUT2D eigenvalue weighted by molar-refractivity contribution is 5.98. The Labute approximate surface area is 241 Å². The van der Waals surface area contributed by atoms with E-state index in [1.165, 1.54) is 19.1 Å². The molecule has 0 radical (unpaired) electrons. The van der Waals surface area contributed by atoms with Crippen molar-refractivity contribution in [2.75, 3.05) is 38.5 Å². The number of hydrogen-bond acceptors (Lipinski definition) is 6. The molecule has 1 saturated heterocycles. The summed E-state index contributed by atoms with van der Waals surface area (Å²) >= 11 is 0. The minimum absolute atomic E-state index is 0.0128. The van der Waals surface area contributed by atoms with Crippen molar-refractivity contribution in [1.29, 1.82) is 5.26 Å². The van der Waals surface area contributed by atoms with Gasteiger partial charge in [0.2, 0.25) is 17.7 Å². The number of nitrogens with zero attached hydrogens (tertiary/aromatic N) is 3. The minimum Gasteiger partial charge on any atom is -0.344 e. The zero-order chi connectivity index (χ0) is 31.0. The normalized spacial score (nSPS) is 15.2. The fourth-order valence-electron chi connectivity index (χ4n) is 4.25. The summed E-state index contributed by atoms with van der Waals surface area (Å²) < 4.78 is 44.2. The number of carbonyl (C=O) groups excluding carboxylic acids is 4. The third kappa shape index (κ3) is 8.07. The van der Waals surface area contributed by atoms with Crippen LogP contribution in [0.5, 0.6) is 0 Å². The average molecular weight is 587 g/mol. The fourth-order valence-corrected chi connectivity index (χ4v) is 4.25. The van der Waals surface area contributed by atoms with E-state index in [4.69, 9.17) is 5.26 Å². The van der Waals surface area contributed by atoms with Gasteiger partial charge in [-0.05, 0) is 43.8 Å². The van der Waals surface area contributed by atoms with Crippen LogP contribution in [0.1, 0.15) is 37.0 Å². The van der Waals surface area contributed by atoms with Crippen LogP contribution in [0.3, 0.4) is 0 Å². The second-order valence-corrected chi connectivity index (χ2v) is 10.1. The van der Waals surface area contributed by atoms with E-state index in [1.54, 1.807) is 17.9 Å². The summed E-state index contributed by atoms with van der Waals surface area (Å²) in [6, 6.07) is 7.43. The van der Waals surface area contributed by atoms with Gasteiger partial charge in [-0.25, -0.2) is 4.39 Å². The van der Waals surface area contributed by atoms with Crippen LogP contribution in [0, 0.1) is 17.1 Å². The van der Waals surface area contributed by atoms with Crippen LogP contribution in [-0.2, 0) is 31.5 Å². The van der Waals surface area contributed by atoms with Crippen LogP contribution in [0.25, 0.3) is 0 Å². The quantitative estimate of drug-likeness (QED) is 0.391. The van der Waals surface area contributed by atoms with Crippen LogP contribution in [0.2, 0.25) is 0 Å². The molecule has 4 amide bonds. The molecule has 1 aliphatic rings. The number of amides is 4. The maximum absolute atomic E-state index is 15.0. The summed E-state index contributed by atoms with van der Waals surface area (Å²) in [5.74, 6) is -8.12. The predicted octanol–water partition coefficient (Wildman–Crippen LogP) is 2.14. The Bertz CT molecular complexity index is 1350. The molecular formula is C29H33F3N6O4. The SMILES string of the molecule is CCC(=O)N[C@H](Cc1ccc(NC(=O)[C@H](C)NC(=O)C(F)(F)c2ccc(C#N)cc2)c(F)c1)C(=O)N1CCN(C)CC1. The molecule has 42 heavy (non-hydrogen) atoms. The number of nitriles is 1. The van der Waals surface area contributed by atoms with Gasteiger partial charge in [-0.15, -0.1) is 0 Å². The Morgan fingerprint density at radius 2 is 1.67 bits per heavy atom. The fraction of sp³-hybridized carbons (Fsp3) is 0.414. The number of rotatable bonds is 10. The number of hydrogen-bond donors (Lipinski definition) is 3. The first-order valence-corrected chi connectivity index (χ1v) is 13.4. The molecule has 1 fully saturated rings. The molecule has 0 unspecified atom stereocenters.